The molecule has 0 saturated carbocycles. The standard InChI is InChI=1S/C17H19FN2O3S/c1-11-6-5-7-15(12(11)2)19-17(21)13-8-9-14(18)16(10-13)24(22,23)20(3)4/h5-10H,1-4H3,(H,19,21). The van der Waals surface area contributed by atoms with E-state index in [1.54, 1.807) is 6.07 Å². The lowest BCUT2D eigenvalue weighted by Crippen LogP contribution is -2.24. The van der Waals surface area contributed by atoms with E-state index in [9.17, 15) is 17.6 Å². The molecule has 0 aliphatic heterocycles. The van der Waals surface area contributed by atoms with Crippen LogP contribution < -0.4 is 5.32 Å². The summed E-state index contributed by atoms with van der Waals surface area (Å²) < 4.78 is 39.1. The van der Waals surface area contributed by atoms with E-state index in [0.29, 0.717) is 5.69 Å². The monoisotopic (exact) mass is 350 g/mol. The van der Waals surface area contributed by atoms with Crippen molar-refractivity contribution in [2.24, 2.45) is 0 Å². The Hall–Kier alpha value is -2.25. The molecule has 0 saturated heterocycles. The Labute approximate surface area is 141 Å². The molecule has 0 unspecified atom stereocenters. The van der Waals surface area contributed by atoms with Gasteiger partial charge in [0.25, 0.3) is 5.91 Å². The lowest BCUT2D eigenvalue weighted by molar-refractivity contribution is 0.102. The highest BCUT2D eigenvalue weighted by Gasteiger charge is 2.23. The molecule has 0 bridgehead atoms. The number of hydrogen-bond acceptors (Lipinski definition) is 3. The Kier molecular flexibility index (Phi) is 5.05. The van der Waals surface area contributed by atoms with E-state index in [4.69, 9.17) is 0 Å². The van der Waals surface area contributed by atoms with Crippen molar-refractivity contribution in [3.63, 3.8) is 0 Å². The third-order valence-corrected chi connectivity index (χ3v) is 5.63. The Morgan fingerprint density at radius 2 is 1.79 bits per heavy atom. The lowest BCUT2D eigenvalue weighted by atomic mass is 10.1. The minimum atomic E-state index is -3.97. The van der Waals surface area contributed by atoms with Crippen LogP contribution in [-0.4, -0.2) is 32.7 Å². The molecule has 24 heavy (non-hydrogen) atoms. The van der Waals surface area contributed by atoms with Gasteiger partial charge in [0.15, 0.2) is 0 Å². The molecule has 0 radical (unpaired) electrons. The van der Waals surface area contributed by atoms with Crippen LogP contribution in [0.2, 0.25) is 0 Å². The van der Waals surface area contributed by atoms with E-state index in [1.807, 2.05) is 26.0 Å². The number of anilines is 1. The molecule has 128 valence electrons. The zero-order valence-electron chi connectivity index (χ0n) is 13.9. The van der Waals surface area contributed by atoms with Crippen molar-refractivity contribution < 1.29 is 17.6 Å². The number of rotatable bonds is 4. The average Bonchev–Trinajstić information content (AvgIpc) is 2.51. The van der Waals surface area contributed by atoms with Crippen LogP contribution in [0.5, 0.6) is 0 Å². The van der Waals surface area contributed by atoms with Crippen LogP contribution in [0.4, 0.5) is 10.1 Å². The molecule has 0 aliphatic rings. The zero-order valence-corrected chi connectivity index (χ0v) is 14.7. The van der Waals surface area contributed by atoms with Gasteiger partial charge < -0.3 is 5.32 Å². The summed E-state index contributed by atoms with van der Waals surface area (Å²) in [5, 5.41) is 2.72. The van der Waals surface area contributed by atoms with Crippen molar-refractivity contribution in [1.29, 1.82) is 0 Å². The maximum Gasteiger partial charge on any atom is 0.255 e. The molecule has 5 nitrogen and oxygen atoms in total. The van der Waals surface area contributed by atoms with Gasteiger partial charge in [-0.15, -0.1) is 0 Å². The molecule has 0 aliphatic carbocycles. The lowest BCUT2D eigenvalue weighted by Gasteiger charge is -2.14. The second-order valence-corrected chi connectivity index (χ2v) is 7.75. The van der Waals surface area contributed by atoms with E-state index in [-0.39, 0.29) is 5.56 Å². The van der Waals surface area contributed by atoms with Gasteiger partial charge >= 0.3 is 0 Å². The highest BCUT2D eigenvalue weighted by molar-refractivity contribution is 7.89. The fraction of sp³-hybridized carbons (Fsp3) is 0.235. The molecule has 2 aromatic rings. The van der Waals surface area contributed by atoms with Crippen molar-refractivity contribution in [3.05, 3.63) is 58.9 Å². The van der Waals surface area contributed by atoms with Gasteiger partial charge in [-0.1, -0.05) is 12.1 Å². The molecule has 0 atom stereocenters. The van der Waals surface area contributed by atoms with Crippen molar-refractivity contribution in [1.82, 2.24) is 4.31 Å². The minimum Gasteiger partial charge on any atom is -0.322 e. The van der Waals surface area contributed by atoms with Crippen LogP contribution in [0.3, 0.4) is 0 Å². The van der Waals surface area contributed by atoms with Crippen LogP contribution >= 0.6 is 0 Å². The fourth-order valence-corrected chi connectivity index (χ4v) is 3.10. The number of carbonyl (C=O) groups is 1. The number of nitrogens with one attached hydrogen (secondary N) is 1. The van der Waals surface area contributed by atoms with Crippen LogP contribution in [0.1, 0.15) is 21.5 Å². The summed E-state index contributed by atoms with van der Waals surface area (Å²) in [5.74, 6) is -1.40. The van der Waals surface area contributed by atoms with Gasteiger partial charge in [0.05, 0.1) is 0 Å². The third kappa shape index (κ3) is 3.47. The zero-order chi connectivity index (χ0) is 18.1. The number of halogens is 1. The van der Waals surface area contributed by atoms with E-state index >= 15 is 0 Å². The quantitative estimate of drug-likeness (QED) is 0.922. The largest absolute Gasteiger partial charge is 0.322 e. The maximum absolute atomic E-state index is 13.9. The smallest absolute Gasteiger partial charge is 0.255 e. The highest BCUT2D eigenvalue weighted by atomic mass is 32.2. The van der Waals surface area contributed by atoms with Crippen molar-refractivity contribution in [2.45, 2.75) is 18.7 Å². The number of nitrogens with zero attached hydrogens (tertiary/aromatic N) is 1. The molecule has 0 fully saturated rings. The van der Waals surface area contributed by atoms with Gasteiger partial charge in [-0.3, -0.25) is 4.79 Å². The molecular weight excluding hydrogens is 331 g/mol. The first kappa shape index (κ1) is 18.1. The summed E-state index contributed by atoms with van der Waals surface area (Å²) in [6.45, 7) is 3.79. The molecule has 0 heterocycles. The van der Waals surface area contributed by atoms with E-state index in [2.05, 4.69) is 5.32 Å². The third-order valence-electron chi connectivity index (χ3n) is 3.80. The van der Waals surface area contributed by atoms with Crippen LogP contribution in [0, 0.1) is 19.7 Å². The van der Waals surface area contributed by atoms with E-state index in [0.717, 1.165) is 27.6 Å². The second kappa shape index (κ2) is 6.70. The van der Waals surface area contributed by atoms with Gasteiger partial charge in [0, 0.05) is 25.3 Å². The summed E-state index contributed by atoms with van der Waals surface area (Å²) in [6.07, 6.45) is 0. The number of carbonyl (C=O) groups excluding carboxylic acids is 1. The topological polar surface area (TPSA) is 66.5 Å². The molecule has 1 amide bonds. The fourth-order valence-electron chi connectivity index (χ4n) is 2.12. The van der Waals surface area contributed by atoms with Gasteiger partial charge in [-0.25, -0.2) is 17.1 Å². The molecular formula is C17H19FN2O3S. The van der Waals surface area contributed by atoms with E-state index in [1.165, 1.54) is 20.2 Å². The SMILES string of the molecule is Cc1cccc(NC(=O)c2ccc(F)c(S(=O)(=O)N(C)C)c2)c1C. The minimum absolute atomic E-state index is 0.0673. The summed E-state index contributed by atoms with van der Waals surface area (Å²) in [4.78, 5) is 11.9. The Bertz CT molecular complexity index is 893. The van der Waals surface area contributed by atoms with Crippen molar-refractivity contribution in [3.8, 4) is 0 Å². The Morgan fingerprint density at radius 3 is 2.42 bits per heavy atom. The second-order valence-electron chi connectivity index (χ2n) is 5.63. The Balaban J connectivity index is 2.40. The van der Waals surface area contributed by atoms with Crippen LogP contribution in [0.15, 0.2) is 41.3 Å². The number of benzene rings is 2. The normalized spacial score (nSPS) is 11.6. The van der Waals surface area contributed by atoms with Crippen LogP contribution in [0.25, 0.3) is 0 Å². The Morgan fingerprint density at radius 1 is 1.12 bits per heavy atom. The summed E-state index contributed by atoms with van der Waals surface area (Å²) in [7, 11) is -1.37. The summed E-state index contributed by atoms with van der Waals surface area (Å²) in [5.41, 5.74) is 2.62. The van der Waals surface area contributed by atoms with Gasteiger partial charge in [-0.2, -0.15) is 0 Å². The molecule has 1 N–H and O–H groups in total. The molecule has 2 aromatic carbocycles. The van der Waals surface area contributed by atoms with Gasteiger partial charge in [0.2, 0.25) is 10.0 Å². The number of sulfonamides is 1. The molecule has 0 aromatic heterocycles. The molecule has 7 heteroatoms. The highest BCUT2D eigenvalue weighted by Crippen LogP contribution is 2.22. The van der Waals surface area contributed by atoms with Crippen molar-refractivity contribution >= 4 is 21.6 Å². The molecule has 0 spiro atoms. The predicted octanol–water partition coefficient (Wildman–Crippen LogP) is 2.95. The van der Waals surface area contributed by atoms with Crippen molar-refractivity contribution in [2.75, 3.05) is 19.4 Å². The van der Waals surface area contributed by atoms with Gasteiger partial charge in [0.1, 0.15) is 10.7 Å². The number of amides is 1. The average molecular weight is 350 g/mol. The first-order chi connectivity index (χ1) is 11.1. The summed E-state index contributed by atoms with van der Waals surface area (Å²) in [6, 6.07) is 8.76. The first-order valence-electron chi connectivity index (χ1n) is 7.24. The number of hydrogen-bond donors (Lipinski definition) is 1. The van der Waals surface area contributed by atoms with Gasteiger partial charge in [-0.05, 0) is 49.2 Å². The van der Waals surface area contributed by atoms with Crippen LogP contribution in [-0.2, 0) is 10.0 Å². The number of aryl methyl sites for hydroxylation is 1. The summed E-state index contributed by atoms with van der Waals surface area (Å²) >= 11 is 0. The van der Waals surface area contributed by atoms with E-state index < -0.39 is 26.6 Å². The first-order valence-corrected chi connectivity index (χ1v) is 8.68. The maximum atomic E-state index is 13.9. The predicted molar refractivity (Wildman–Crippen MR) is 91.1 cm³/mol. The molecule has 2 rings (SSSR count).